The van der Waals surface area contributed by atoms with Gasteiger partial charge in [0.25, 0.3) is 0 Å². The van der Waals surface area contributed by atoms with Crippen LogP contribution in [-0.4, -0.2) is 24.6 Å². The van der Waals surface area contributed by atoms with Crippen molar-refractivity contribution in [2.24, 2.45) is 5.73 Å². The van der Waals surface area contributed by atoms with Crippen LogP contribution in [0.2, 0.25) is 0 Å². The summed E-state index contributed by atoms with van der Waals surface area (Å²) in [5, 5.41) is 5.43. The molecule has 0 unspecified atom stereocenters. The van der Waals surface area contributed by atoms with Gasteiger partial charge in [0.05, 0.1) is 12.1 Å². The van der Waals surface area contributed by atoms with Crippen molar-refractivity contribution in [2.75, 3.05) is 13.2 Å². The zero-order chi connectivity index (χ0) is 16.8. The first-order chi connectivity index (χ1) is 11.7. The van der Waals surface area contributed by atoms with E-state index in [9.17, 15) is 4.79 Å². The van der Waals surface area contributed by atoms with Crippen LogP contribution in [0.15, 0.2) is 42.5 Å². The molecule has 2 aromatic rings. The van der Waals surface area contributed by atoms with Crippen LogP contribution in [-0.2, 0) is 4.79 Å². The molecule has 1 aliphatic rings. The molecule has 1 fully saturated rings. The number of nitrogens with one attached hydrogen (secondary N) is 1. The van der Waals surface area contributed by atoms with Crippen LogP contribution in [0, 0.1) is 0 Å². The third-order valence-corrected chi connectivity index (χ3v) is 4.91. The third-order valence-electron chi connectivity index (χ3n) is 4.91. The van der Waals surface area contributed by atoms with Gasteiger partial charge < -0.3 is 15.8 Å². The highest BCUT2D eigenvalue weighted by Crippen LogP contribution is 2.29. The van der Waals surface area contributed by atoms with Crippen LogP contribution in [0.4, 0.5) is 0 Å². The first-order valence-electron chi connectivity index (χ1n) is 8.84. The molecular formula is C20H27ClN2O2. The van der Waals surface area contributed by atoms with E-state index in [1.54, 1.807) is 0 Å². The van der Waals surface area contributed by atoms with Crippen molar-refractivity contribution in [3.05, 3.63) is 42.5 Å². The summed E-state index contributed by atoms with van der Waals surface area (Å²) in [5.74, 6) is 0.964. The number of nitrogens with two attached hydrogens (primary N) is 1. The zero-order valence-electron chi connectivity index (χ0n) is 14.5. The van der Waals surface area contributed by atoms with Crippen molar-refractivity contribution in [2.45, 2.75) is 44.1 Å². The number of carbonyl (C=O) groups excluding carboxylic acids is 1. The van der Waals surface area contributed by atoms with Crippen molar-refractivity contribution >= 4 is 29.1 Å². The molecule has 0 spiro atoms. The van der Waals surface area contributed by atoms with E-state index in [1.807, 2.05) is 24.3 Å². The number of halogens is 1. The molecule has 3 rings (SSSR count). The molecule has 0 radical (unpaired) electrons. The molecule has 0 aliphatic heterocycles. The number of rotatable bonds is 7. The molecule has 136 valence electrons. The summed E-state index contributed by atoms with van der Waals surface area (Å²) < 4.78 is 5.89. The van der Waals surface area contributed by atoms with Gasteiger partial charge in [0.1, 0.15) is 5.75 Å². The Balaban J connectivity index is 0.00000225. The summed E-state index contributed by atoms with van der Waals surface area (Å²) in [6, 6.07) is 14.2. The fourth-order valence-corrected chi connectivity index (χ4v) is 3.53. The average molecular weight is 363 g/mol. The quantitative estimate of drug-likeness (QED) is 0.736. The fourth-order valence-electron chi connectivity index (χ4n) is 3.53. The van der Waals surface area contributed by atoms with E-state index in [1.165, 1.54) is 5.39 Å². The summed E-state index contributed by atoms with van der Waals surface area (Å²) in [7, 11) is 0. The third kappa shape index (κ3) is 4.86. The Morgan fingerprint density at radius 1 is 1.12 bits per heavy atom. The van der Waals surface area contributed by atoms with Gasteiger partial charge in [-0.3, -0.25) is 4.79 Å². The van der Waals surface area contributed by atoms with Gasteiger partial charge in [-0.1, -0.05) is 49.2 Å². The molecule has 0 bridgehead atoms. The lowest BCUT2D eigenvalue weighted by atomic mass is 9.97. The molecule has 1 aliphatic carbocycles. The van der Waals surface area contributed by atoms with Crippen molar-refractivity contribution < 1.29 is 9.53 Å². The number of hydrogen-bond donors (Lipinski definition) is 2. The molecule has 2 aromatic carbocycles. The highest BCUT2D eigenvalue weighted by molar-refractivity contribution is 5.88. The summed E-state index contributed by atoms with van der Waals surface area (Å²) in [6.45, 7) is 1.07. The normalized spacial score (nSPS) is 15.6. The van der Waals surface area contributed by atoms with Gasteiger partial charge in [0.2, 0.25) is 5.91 Å². The van der Waals surface area contributed by atoms with E-state index in [4.69, 9.17) is 10.5 Å². The second-order valence-electron chi connectivity index (χ2n) is 6.67. The van der Waals surface area contributed by atoms with Crippen molar-refractivity contribution in [3.8, 4) is 5.75 Å². The lowest BCUT2D eigenvalue weighted by Gasteiger charge is -2.28. The van der Waals surface area contributed by atoms with Crippen LogP contribution in [0.25, 0.3) is 10.8 Å². The largest absolute Gasteiger partial charge is 0.493 e. The van der Waals surface area contributed by atoms with Gasteiger partial charge in [0.15, 0.2) is 0 Å². The van der Waals surface area contributed by atoms with Gasteiger partial charge in [0, 0.05) is 18.4 Å². The maximum absolute atomic E-state index is 12.2. The number of fused-ring (bicyclic) bond motifs is 1. The Morgan fingerprint density at radius 3 is 2.60 bits per heavy atom. The van der Waals surface area contributed by atoms with Gasteiger partial charge in [-0.15, -0.1) is 12.4 Å². The monoisotopic (exact) mass is 362 g/mol. The lowest BCUT2D eigenvalue weighted by molar-refractivity contribution is -0.123. The van der Waals surface area contributed by atoms with E-state index < -0.39 is 0 Å². The number of ether oxygens (including phenoxy) is 1. The minimum atomic E-state index is -0.159. The molecule has 1 amide bonds. The Labute approximate surface area is 155 Å². The minimum absolute atomic E-state index is 0. The van der Waals surface area contributed by atoms with Crippen LogP contribution < -0.4 is 15.8 Å². The first kappa shape index (κ1) is 19.5. The van der Waals surface area contributed by atoms with Crippen molar-refractivity contribution in [3.63, 3.8) is 0 Å². The van der Waals surface area contributed by atoms with Gasteiger partial charge in [-0.2, -0.15) is 0 Å². The molecule has 0 atom stereocenters. The van der Waals surface area contributed by atoms with Crippen LogP contribution in [0.3, 0.4) is 0 Å². The van der Waals surface area contributed by atoms with Crippen molar-refractivity contribution in [1.82, 2.24) is 5.32 Å². The molecule has 4 nitrogen and oxygen atoms in total. The molecule has 0 heterocycles. The summed E-state index contributed by atoms with van der Waals surface area (Å²) >= 11 is 0. The molecular weight excluding hydrogens is 336 g/mol. The Morgan fingerprint density at radius 2 is 1.84 bits per heavy atom. The van der Waals surface area contributed by atoms with E-state index in [-0.39, 0.29) is 23.9 Å². The smallest absolute Gasteiger partial charge is 0.220 e. The SMILES string of the molecule is Cl.NCC1(NC(=O)CCCOc2cccc3ccccc23)CCCC1. The van der Waals surface area contributed by atoms with Crippen molar-refractivity contribution in [1.29, 1.82) is 0 Å². The first-order valence-corrected chi connectivity index (χ1v) is 8.84. The average Bonchev–Trinajstić information content (AvgIpc) is 3.08. The summed E-state index contributed by atoms with van der Waals surface area (Å²) in [6.07, 6.45) is 5.50. The van der Waals surface area contributed by atoms with Crippen LogP contribution >= 0.6 is 12.4 Å². The fraction of sp³-hybridized carbons (Fsp3) is 0.450. The Hall–Kier alpha value is -1.78. The minimum Gasteiger partial charge on any atom is -0.493 e. The van der Waals surface area contributed by atoms with E-state index >= 15 is 0 Å². The van der Waals surface area contributed by atoms with Gasteiger partial charge in [-0.25, -0.2) is 0 Å². The number of amides is 1. The summed E-state index contributed by atoms with van der Waals surface area (Å²) in [5.41, 5.74) is 5.70. The topological polar surface area (TPSA) is 64.3 Å². The van der Waals surface area contributed by atoms with Gasteiger partial charge in [-0.05, 0) is 30.7 Å². The maximum Gasteiger partial charge on any atom is 0.220 e. The lowest BCUT2D eigenvalue weighted by Crippen LogP contribution is -2.51. The molecule has 1 saturated carbocycles. The number of carbonyl (C=O) groups is 1. The van der Waals surface area contributed by atoms with Crippen LogP contribution in [0.1, 0.15) is 38.5 Å². The zero-order valence-corrected chi connectivity index (χ0v) is 15.3. The molecule has 3 N–H and O–H groups in total. The Kier molecular flexibility index (Phi) is 7.09. The Bertz CT molecular complexity index is 694. The number of hydrogen-bond acceptors (Lipinski definition) is 3. The standard InChI is InChI=1S/C20H26N2O2.ClH/c21-15-20(12-3-4-13-20)22-19(23)11-6-14-24-18-10-5-8-16-7-1-2-9-17(16)18;/h1-2,5,7-10H,3-4,6,11-15,21H2,(H,22,23);1H. The summed E-state index contributed by atoms with van der Waals surface area (Å²) in [4.78, 5) is 12.2. The van der Waals surface area contributed by atoms with E-state index in [0.29, 0.717) is 26.0 Å². The van der Waals surface area contributed by atoms with Gasteiger partial charge >= 0.3 is 0 Å². The predicted octanol–water partition coefficient (Wildman–Crippen LogP) is 3.81. The number of benzene rings is 2. The van der Waals surface area contributed by atoms with E-state index in [0.717, 1.165) is 36.8 Å². The second-order valence-corrected chi connectivity index (χ2v) is 6.67. The molecule has 5 heteroatoms. The molecule has 0 saturated heterocycles. The molecule has 0 aromatic heterocycles. The van der Waals surface area contributed by atoms with Crippen LogP contribution in [0.5, 0.6) is 5.75 Å². The highest BCUT2D eigenvalue weighted by atomic mass is 35.5. The highest BCUT2D eigenvalue weighted by Gasteiger charge is 2.33. The maximum atomic E-state index is 12.2. The predicted molar refractivity (Wildman–Crippen MR) is 104 cm³/mol. The second kappa shape index (κ2) is 9.07. The molecule has 25 heavy (non-hydrogen) atoms. The van der Waals surface area contributed by atoms with E-state index in [2.05, 4.69) is 23.5 Å².